The second-order valence-corrected chi connectivity index (χ2v) is 22.3. The Hall–Kier alpha value is 1.09. The molecule has 275 valence electrons. The Morgan fingerprint density at radius 2 is 0.630 bits per heavy atom. The SMILES string of the molecule is CCCCP(=O)([O-])CCC1CCCCC1.CCCCP(=O)([O-])CCC1CCCCC1.CCCCP(=O)([O-])CCC1CCCCC1.[Fe+3]. The van der Waals surface area contributed by atoms with Crippen LogP contribution in [-0.2, 0) is 30.8 Å². The van der Waals surface area contributed by atoms with E-state index >= 15 is 0 Å². The minimum atomic E-state index is -3.03. The first kappa shape index (κ1) is 47.1. The van der Waals surface area contributed by atoms with Gasteiger partial charge in [0.15, 0.2) is 0 Å². The average Bonchev–Trinajstić information content (AvgIpc) is 3.05. The van der Waals surface area contributed by atoms with E-state index < -0.39 is 22.1 Å². The predicted molar refractivity (Wildman–Crippen MR) is 190 cm³/mol. The fourth-order valence-corrected chi connectivity index (χ4v) is 12.4. The third-order valence-electron chi connectivity index (χ3n) is 10.4. The van der Waals surface area contributed by atoms with Gasteiger partial charge in [-0.3, -0.25) is 0 Å². The molecule has 3 aliphatic rings. The van der Waals surface area contributed by atoms with Crippen LogP contribution in [0.5, 0.6) is 0 Å². The van der Waals surface area contributed by atoms with Crippen molar-refractivity contribution in [2.24, 2.45) is 17.8 Å². The van der Waals surface area contributed by atoms with Gasteiger partial charge in [-0.15, -0.1) is 0 Å². The first-order valence-electron chi connectivity index (χ1n) is 19.3. The molecule has 10 heteroatoms. The molecule has 3 rings (SSSR count). The van der Waals surface area contributed by atoms with Crippen LogP contribution in [0.2, 0.25) is 0 Å². The Labute approximate surface area is 296 Å². The number of rotatable bonds is 18. The second-order valence-electron chi connectivity index (χ2n) is 14.7. The number of hydrogen-bond donors (Lipinski definition) is 0. The molecule has 0 saturated heterocycles. The van der Waals surface area contributed by atoms with E-state index in [2.05, 4.69) is 0 Å². The summed E-state index contributed by atoms with van der Waals surface area (Å²) in [5, 5.41) is 0. The minimum Gasteiger partial charge on any atom is -0.799 e. The van der Waals surface area contributed by atoms with Crippen molar-refractivity contribution in [1.29, 1.82) is 0 Å². The van der Waals surface area contributed by atoms with Crippen LogP contribution in [0.25, 0.3) is 0 Å². The molecular formula is C36H72FeO6P3. The van der Waals surface area contributed by atoms with Crippen LogP contribution in [0.3, 0.4) is 0 Å². The average molecular weight is 750 g/mol. The largest absolute Gasteiger partial charge is 3.00 e. The maximum absolute atomic E-state index is 11.7. The minimum absolute atomic E-state index is 0. The van der Waals surface area contributed by atoms with E-state index in [1.807, 2.05) is 20.8 Å². The van der Waals surface area contributed by atoms with Crippen molar-refractivity contribution in [3.63, 3.8) is 0 Å². The summed E-state index contributed by atoms with van der Waals surface area (Å²) in [6.07, 6.45) is 30.3. The Bertz CT molecular complexity index is 745. The van der Waals surface area contributed by atoms with Crippen molar-refractivity contribution in [2.75, 3.05) is 37.0 Å². The zero-order chi connectivity index (χ0) is 33.4. The summed E-state index contributed by atoms with van der Waals surface area (Å²) in [6.45, 7) is 6.13. The van der Waals surface area contributed by atoms with Gasteiger partial charge in [0.25, 0.3) is 0 Å². The van der Waals surface area contributed by atoms with Gasteiger partial charge in [-0.25, -0.2) is 0 Å². The topological polar surface area (TPSA) is 120 Å². The molecule has 0 aromatic carbocycles. The normalized spacial score (nSPS) is 22.0. The standard InChI is InChI=1S/3C12H25O2P.Fe/c3*1-2-3-10-15(13,14)11-9-12-7-5-4-6-8-12;/h3*12H,2-11H2,1H3,(H,13,14);/q;;;+3/p-3. The van der Waals surface area contributed by atoms with Crippen LogP contribution in [0.1, 0.15) is 175 Å². The van der Waals surface area contributed by atoms with Gasteiger partial charge >= 0.3 is 17.1 Å². The third-order valence-corrected chi connectivity index (χ3v) is 16.2. The Morgan fingerprint density at radius 1 is 0.413 bits per heavy atom. The monoisotopic (exact) mass is 749 g/mol. The van der Waals surface area contributed by atoms with Gasteiger partial charge in [0.05, 0.1) is 0 Å². The van der Waals surface area contributed by atoms with Gasteiger partial charge in [0.1, 0.15) is 0 Å². The summed E-state index contributed by atoms with van der Waals surface area (Å²) in [4.78, 5) is 35.0. The summed E-state index contributed by atoms with van der Waals surface area (Å²) in [5.41, 5.74) is 0. The molecule has 3 fully saturated rings. The van der Waals surface area contributed by atoms with Crippen LogP contribution < -0.4 is 14.7 Å². The van der Waals surface area contributed by atoms with Crippen molar-refractivity contribution in [1.82, 2.24) is 0 Å². The van der Waals surface area contributed by atoms with Crippen molar-refractivity contribution < 1.29 is 45.4 Å². The van der Waals surface area contributed by atoms with Crippen molar-refractivity contribution in [2.45, 2.75) is 175 Å². The molecule has 46 heavy (non-hydrogen) atoms. The fraction of sp³-hybridized carbons (Fsp3) is 1.00. The molecule has 6 nitrogen and oxygen atoms in total. The van der Waals surface area contributed by atoms with Gasteiger partial charge in [0, 0.05) is 22.1 Å². The van der Waals surface area contributed by atoms with Crippen LogP contribution in [-0.4, -0.2) is 37.0 Å². The maximum atomic E-state index is 11.7. The molecule has 0 N–H and O–H groups in total. The van der Waals surface area contributed by atoms with Gasteiger partial charge in [0.2, 0.25) is 0 Å². The quantitative estimate of drug-likeness (QED) is 0.102. The van der Waals surface area contributed by atoms with E-state index in [9.17, 15) is 28.4 Å². The molecule has 3 saturated carbocycles. The summed E-state index contributed by atoms with van der Waals surface area (Å²) in [6, 6.07) is 0. The molecule has 0 spiro atoms. The third kappa shape index (κ3) is 26.0. The van der Waals surface area contributed by atoms with E-state index in [1.54, 1.807) is 0 Å². The Kier molecular flexibility index (Phi) is 28.4. The van der Waals surface area contributed by atoms with Crippen molar-refractivity contribution >= 4 is 22.1 Å². The number of unbranched alkanes of at least 4 members (excludes halogenated alkanes) is 3. The molecule has 0 amide bonds. The molecule has 0 heterocycles. The molecule has 0 aromatic heterocycles. The van der Waals surface area contributed by atoms with Crippen LogP contribution >= 0.6 is 22.1 Å². The van der Waals surface area contributed by atoms with E-state index in [4.69, 9.17) is 0 Å². The molecule has 3 atom stereocenters. The van der Waals surface area contributed by atoms with E-state index in [1.165, 1.54) is 96.3 Å². The van der Waals surface area contributed by atoms with Gasteiger partial charge < -0.3 is 28.4 Å². The van der Waals surface area contributed by atoms with Crippen LogP contribution in [0.15, 0.2) is 0 Å². The molecule has 3 aliphatic carbocycles. The molecule has 1 radical (unpaired) electrons. The predicted octanol–water partition coefficient (Wildman–Crippen LogP) is 10.2. The fourth-order valence-electron chi connectivity index (χ4n) is 7.10. The Morgan fingerprint density at radius 3 is 0.826 bits per heavy atom. The van der Waals surface area contributed by atoms with Gasteiger partial charge in [-0.1, -0.05) is 136 Å². The van der Waals surface area contributed by atoms with Gasteiger partial charge in [-0.05, 0) is 93.3 Å². The first-order valence-corrected chi connectivity index (χ1v) is 25.3. The van der Waals surface area contributed by atoms with Crippen molar-refractivity contribution in [3.05, 3.63) is 0 Å². The summed E-state index contributed by atoms with van der Waals surface area (Å²) < 4.78 is 35.0. The maximum Gasteiger partial charge on any atom is 3.00 e. The summed E-state index contributed by atoms with van der Waals surface area (Å²) >= 11 is 0. The van der Waals surface area contributed by atoms with Crippen molar-refractivity contribution in [3.8, 4) is 0 Å². The summed E-state index contributed by atoms with van der Waals surface area (Å²) in [7, 11) is -9.08. The van der Waals surface area contributed by atoms with Crippen LogP contribution in [0, 0.1) is 17.8 Å². The van der Waals surface area contributed by atoms with E-state index in [0.717, 1.165) is 57.8 Å². The van der Waals surface area contributed by atoms with E-state index in [0.29, 0.717) is 54.7 Å². The Balaban J connectivity index is 0.000000653. The first-order chi connectivity index (χ1) is 21.4. The second kappa shape index (κ2) is 27.8. The van der Waals surface area contributed by atoms with E-state index in [-0.39, 0.29) is 17.1 Å². The molecule has 3 unspecified atom stereocenters. The molecular weight excluding hydrogens is 677 g/mol. The zero-order valence-corrected chi connectivity index (χ0v) is 33.9. The number of hydrogen-bond acceptors (Lipinski definition) is 6. The van der Waals surface area contributed by atoms with Crippen LogP contribution in [0.4, 0.5) is 0 Å². The summed E-state index contributed by atoms with van der Waals surface area (Å²) in [5.74, 6) is 2.09. The molecule has 0 aromatic rings. The molecule has 0 bridgehead atoms. The van der Waals surface area contributed by atoms with Gasteiger partial charge in [-0.2, -0.15) is 0 Å². The smallest absolute Gasteiger partial charge is 0.799 e. The molecule has 0 aliphatic heterocycles. The zero-order valence-electron chi connectivity index (χ0n) is 30.1.